The molecule has 0 unspecified atom stereocenters. The van der Waals surface area contributed by atoms with Crippen molar-refractivity contribution in [2.45, 2.75) is 0 Å². The van der Waals surface area contributed by atoms with E-state index in [0.29, 0.717) is 48.4 Å². The van der Waals surface area contributed by atoms with Gasteiger partial charge in [-0.15, -0.1) is 5.10 Å². The molecule has 1 aliphatic heterocycles. The third kappa shape index (κ3) is 6.25. The monoisotopic (exact) mass is 469 g/mol. The average molecular weight is 470 g/mol. The lowest BCUT2D eigenvalue weighted by atomic mass is 10.2. The third-order valence-electron chi connectivity index (χ3n) is 4.80. The number of nitrogens with zero attached hydrogens (tertiary/aromatic N) is 3. The van der Waals surface area contributed by atoms with Crippen molar-refractivity contribution in [1.82, 2.24) is 15.1 Å². The van der Waals surface area contributed by atoms with Gasteiger partial charge in [0.25, 0.3) is 0 Å². The zero-order valence-electron chi connectivity index (χ0n) is 17.9. The number of ether oxygens (including phenoxy) is 3. The van der Waals surface area contributed by atoms with Crippen molar-refractivity contribution in [2.24, 2.45) is 0 Å². The molecule has 2 N–H and O–H groups in total. The summed E-state index contributed by atoms with van der Waals surface area (Å²) in [6, 6.07) is 14.4. The van der Waals surface area contributed by atoms with Crippen molar-refractivity contribution in [2.75, 3.05) is 50.6 Å². The van der Waals surface area contributed by atoms with Crippen molar-refractivity contribution in [1.29, 1.82) is 0 Å². The zero-order chi connectivity index (χ0) is 23.0. The van der Waals surface area contributed by atoms with Gasteiger partial charge in [0.15, 0.2) is 5.01 Å². The van der Waals surface area contributed by atoms with Gasteiger partial charge in [-0.25, -0.2) is 4.79 Å². The van der Waals surface area contributed by atoms with Crippen LogP contribution >= 0.6 is 11.3 Å². The predicted molar refractivity (Wildman–Crippen MR) is 124 cm³/mol. The first kappa shape index (κ1) is 22.6. The number of carbonyl (C=O) groups is 2. The number of methoxy groups -OCH3 is 1. The maximum absolute atomic E-state index is 12.5. The van der Waals surface area contributed by atoms with Crippen LogP contribution in [0.1, 0.15) is 0 Å². The number of aromatic nitrogens is 2. The molecule has 1 aromatic heterocycles. The van der Waals surface area contributed by atoms with Crippen LogP contribution < -0.4 is 20.1 Å². The van der Waals surface area contributed by atoms with Gasteiger partial charge in [0.1, 0.15) is 5.75 Å². The summed E-state index contributed by atoms with van der Waals surface area (Å²) in [6.45, 7) is 2.87. The summed E-state index contributed by atoms with van der Waals surface area (Å²) in [5, 5.41) is 14.2. The molecule has 2 amide bonds. The van der Waals surface area contributed by atoms with Crippen LogP contribution in [0.5, 0.6) is 10.9 Å². The molecule has 172 valence electrons. The molecular formula is C22H23N5O5S. The Hall–Kier alpha value is -3.54. The molecule has 1 fully saturated rings. The highest BCUT2D eigenvalue weighted by molar-refractivity contribution is 7.16. The summed E-state index contributed by atoms with van der Waals surface area (Å²) < 4.78 is 15.9. The van der Waals surface area contributed by atoms with E-state index in [1.807, 2.05) is 35.2 Å². The number of anilines is 2. The third-order valence-corrected chi connectivity index (χ3v) is 5.65. The molecule has 2 heterocycles. The zero-order valence-corrected chi connectivity index (χ0v) is 18.8. The minimum atomic E-state index is -0.721. The standard InChI is InChI=1S/C22H23N5O5S/c1-30-18-8-7-16(13-17(18)24-19(28)14-27-9-11-31-12-10-27)23-21(29)32-22-26-25-20(33-22)15-5-3-2-4-6-15/h2-8,13H,9-12,14H2,1H3,(H,23,29)(H,24,28). The number of benzene rings is 2. The highest BCUT2D eigenvalue weighted by atomic mass is 32.1. The van der Waals surface area contributed by atoms with Gasteiger partial charge in [-0.3, -0.25) is 15.0 Å². The van der Waals surface area contributed by atoms with Gasteiger partial charge >= 0.3 is 11.3 Å². The Kier molecular flexibility index (Phi) is 7.45. The second-order valence-corrected chi connectivity index (χ2v) is 8.05. The first-order chi connectivity index (χ1) is 16.1. The molecule has 2 aromatic carbocycles. The van der Waals surface area contributed by atoms with E-state index in [1.165, 1.54) is 7.11 Å². The quantitative estimate of drug-likeness (QED) is 0.543. The molecule has 4 rings (SSSR count). The molecule has 33 heavy (non-hydrogen) atoms. The summed E-state index contributed by atoms with van der Waals surface area (Å²) >= 11 is 1.16. The number of morpholine rings is 1. The van der Waals surface area contributed by atoms with Crippen molar-refractivity contribution in [3.8, 4) is 21.5 Å². The van der Waals surface area contributed by atoms with E-state index in [9.17, 15) is 9.59 Å². The number of hydrogen-bond donors (Lipinski definition) is 2. The van der Waals surface area contributed by atoms with Crippen LogP contribution in [-0.2, 0) is 9.53 Å². The van der Waals surface area contributed by atoms with Crippen molar-refractivity contribution in [3.05, 3.63) is 48.5 Å². The van der Waals surface area contributed by atoms with Gasteiger partial charge in [0, 0.05) is 24.3 Å². The molecule has 1 aliphatic rings. The van der Waals surface area contributed by atoms with E-state index >= 15 is 0 Å². The first-order valence-electron chi connectivity index (χ1n) is 10.3. The number of carbonyl (C=O) groups excluding carboxylic acids is 2. The van der Waals surface area contributed by atoms with Crippen LogP contribution in [0.2, 0.25) is 0 Å². The molecule has 0 saturated carbocycles. The lowest BCUT2D eigenvalue weighted by Gasteiger charge is -2.26. The molecular weight excluding hydrogens is 446 g/mol. The Morgan fingerprint density at radius 1 is 1.09 bits per heavy atom. The van der Waals surface area contributed by atoms with Gasteiger partial charge in [0.05, 0.1) is 32.6 Å². The van der Waals surface area contributed by atoms with Crippen molar-refractivity contribution < 1.29 is 23.8 Å². The Labute approximate surface area is 194 Å². The van der Waals surface area contributed by atoms with Gasteiger partial charge in [-0.1, -0.05) is 46.8 Å². The number of amides is 2. The van der Waals surface area contributed by atoms with Crippen LogP contribution in [-0.4, -0.2) is 67.1 Å². The predicted octanol–water partition coefficient (Wildman–Crippen LogP) is 3.10. The van der Waals surface area contributed by atoms with Crippen molar-refractivity contribution in [3.63, 3.8) is 0 Å². The number of hydrogen-bond acceptors (Lipinski definition) is 9. The van der Waals surface area contributed by atoms with Crippen LogP contribution in [0.3, 0.4) is 0 Å². The van der Waals surface area contributed by atoms with E-state index in [-0.39, 0.29) is 17.6 Å². The second-order valence-electron chi connectivity index (χ2n) is 7.11. The molecule has 3 aromatic rings. The minimum Gasteiger partial charge on any atom is -0.495 e. The van der Waals surface area contributed by atoms with E-state index in [1.54, 1.807) is 18.2 Å². The Morgan fingerprint density at radius 2 is 1.88 bits per heavy atom. The van der Waals surface area contributed by atoms with Crippen LogP contribution in [0.15, 0.2) is 48.5 Å². The van der Waals surface area contributed by atoms with Crippen LogP contribution in [0.4, 0.5) is 16.2 Å². The Morgan fingerprint density at radius 3 is 2.64 bits per heavy atom. The first-order valence-corrected chi connectivity index (χ1v) is 11.1. The molecule has 1 saturated heterocycles. The lowest BCUT2D eigenvalue weighted by molar-refractivity contribution is -0.118. The van der Waals surface area contributed by atoms with Gasteiger partial charge in [-0.05, 0) is 18.2 Å². The normalized spacial score (nSPS) is 13.8. The lowest BCUT2D eigenvalue weighted by Crippen LogP contribution is -2.41. The molecule has 0 bridgehead atoms. The molecule has 0 aliphatic carbocycles. The molecule has 0 atom stereocenters. The number of nitrogens with one attached hydrogen (secondary N) is 2. The average Bonchev–Trinajstić information content (AvgIpc) is 3.29. The fraction of sp³-hybridized carbons (Fsp3) is 0.273. The highest BCUT2D eigenvalue weighted by Crippen LogP contribution is 2.29. The minimum absolute atomic E-state index is 0.124. The fourth-order valence-corrected chi connectivity index (χ4v) is 3.91. The summed E-state index contributed by atoms with van der Waals surface area (Å²) in [4.78, 5) is 26.8. The largest absolute Gasteiger partial charge is 0.495 e. The van der Waals surface area contributed by atoms with Crippen LogP contribution in [0.25, 0.3) is 10.6 Å². The summed E-state index contributed by atoms with van der Waals surface area (Å²) in [6.07, 6.45) is -0.721. The second kappa shape index (κ2) is 10.9. The van der Waals surface area contributed by atoms with Crippen LogP contribution in [0, 0.1) is 0 Å². The topological polar surface area (TPSA) is 115 Å². The van der Waals surface area contributed by atoms with E-state index in [0.717, 1.165) is 16.9 Å². The smallest absolute Gasteiger partial charge is 0.419 e. The maximum Gasteiger partial charge on any atom is 0.419 e. The van der Waals surface area contributed by atoms with Gasteiger partial charge in [0.2, 0.25) is 5.91 Å². The summed E-state index contributed by atoms with van der Waals surface area (Å²) in [7, 11) is 1.51. The molecule has 11 heteroatoms. The highest BCUT2D eigenvalue weighted by Gasteiger charge is 2.17. The SMILES string of the molecule is COc1ccc(NC(=O)Oc2nnc(-c3ccccc3)s2)cc1NC(=O)CN1CCOCC1. The fourth-order valence-electron chi connectivity index (χ4n) is 3.21. The molecule has 0 radical (unpaired) electrons. The maximum atomic E-state index is 12.5. The molecule has 0 spiro atoms. The van der Waals surface area contributed by atoms with Gasteiger partial charge in [-0.2, -0.15) is 0 Å². The Bertz CT molecular complexity index is 1100. The molecule has 10 nitrogen and oxygen atoms in total. The number of rotatable bonds is 7. The van der Waals surface area contributed by atoms with Gasteiger partial charge < -0.3 is 19.5 Å². The van der Waals surface area contributed by atoms with E-state index in [2.05, 4.69) is 20.8 Å². The summed E-state index contributed by atoms with van der Waals surface area (Å²) in [5.74, 6) is 0.290. The van der Waals surface area contributed by atoms with Crippen molar-refractivity contribution >= 4 is 34.7 Å². The Balaban J connectivity index is 1.37. The van der Waals surface area contributed by atoms with E-state index in [4.69, 9.17) is 14.2 Å². The van der Waals surface area contributed by atoms with E-state index < -0.39 is 6.09 Å². The summed E-state index contributed by atoms with van der Waals surface area (Å²) in [5.41, 5.74) is 1.75.